The molecule has 1 aliphatic carbocycles. The molecule has 0 aliphatic heterocycles. The monoisotopic (exact) mass is 382 g/mol. The summed E-state index contributed by atoms with van der Waals surface area (Å²) in [4.78, 5) is 12.0. The molecule has 1 aliphatic rings. The van der Waals surface area contributed by atoms with E-state index in [1.54, 1.807) is 0 Å². The average molecular weight is 383 g/mol. The minimum absolute atomic E-state index is 0.182. The summed E-state index contributed by atoms with van der Waals surface area (Å²) >= 11 is 2.72. The Morgan fingerprint density at radius 3 is 1.86 bits per heavy atom. The summed E-state index contributed by atoms with van der Waals surface area (Å²) in [5.41, 5.74) is -6.47. The molecule has 1 unspecified atom stereocenters. The number of allylic oxidation sites excluding steroid dienone is 2. The lowest BCUT2D eigenvalue weighted by molar-refractivity contribution is -0.388. The number of ketones is 1. The molecule has 0 bridgehead atoms. The first-order valence-electron chi connectivity index (χ1n) is 5.82. The lowest BCUT2D eigenvalue weighted by atomic mass is 9.61. The van der Waals surface area contributed by atoms with Crippen LogP contribution in [0, 0.1) is 11.3 Å². The van der Waals surface area contributed by atoms with Crippen LogP contribution in [0.2, 0.25) is 0 Å². The lowest BCUT2D eigenvalue weighted by Crippen LogP contribution is -2.67. The summed E-state index contributed by atoms with van der Waals surface area (Å²) < 4.78 is 77.5. The molecule has 9 heteroatoms. The molecule has 0 saturated heterocycles. The van der Waals surface area contributed by atoms with Crippen molar-refractivity contribution < 1.29 is 36.2 Å². The lowest BCUT2D eigenvalue weighted by Gasteiger charge is -2.47. The van der Waals surface area contributed by atoms with E-state index in [-0.39, 0.29) is 10.9 Å². The van der Waals surface area contributed by atoms with Crippen molar-refractivity contribution in [3.63, 3.8) is 0 Å². The van der Waals surface area contributed by atoms with Gasteiger partial charge in [0.05, 0.1) is 10.4 Å². The molecular weight excluding hydrogens is 370 g/mol. The molecule has 0 heterocycles. The number of carbonyl (C=O) groups is 1. The zero-order valence-corrected chi connectivity index (χ0v) is 12.9. The predicted octanol–water partition coefficient (Wildman–Crippen LogP) is 4.13. The molecule has 0 aromatic heterocycles. The Hall–Kier alpha value is -0.570. The van der Waals surface area contributed by atoms with Crippen LogP contribution in [0.4, 0.5) is 26.3 Å². The van der Waals surface area contributed by atoms with E-state index in [4.69, 9.17) is 0 Å². The Morgan fingerprint density at radius 2 is 1.52 bits per heavy atom. The highest BCUT2D eigenvalue weighted by atomic mass is 79.9. The van der Waals surface area contributed by atoms with Crippen molar-refractivity contribution in [2.75, 3.05) is 0 Å². The van der Waals surface area contributed by atoms with Crippen LogP contribution in [0.15, 0.2) is 10.1 Å². The minimum atomic E-state index is -6.03. The number of halogens is 7. The zero-order chi connectivity index (χ0) is 17.0. The second kappa shape index (κ2) is 4.97. The summed E-state index contributed by atoms with van der Waals surface area (Å²) in [6.07, 6.45) is -12.2. The van der Waals surface area contributed by atoms with Crippen LogP contribution < -0.4 is 0 Å². The first-order chi connectivity index (χ1) is 9.07. The van der Waals surface area contributed by atoms with Crippen molar-refractivity contribution in [2.45, 2.75) is 45.1 Å². The fraction of sp³-hybridized carbons (Fsp3) is 0.750. The third-order valence-corrected chi connectivity index (χ3v) is 4.71. The molecule has 1 rings (SSSR count). The van der Waals surface area contributed by atoms with Crippen LogP contribution in [0.3, 0.4) is 0 Å². The SMILES string of the molecule is CC1=C(Br)C(=O)C(C(O)(C(F)(F)F)C(F)(F)F)C(C)(C)C1. The molecule has 0 amide bonds. The quantitative estimate of drug-likeness (QED) is 0.692. The standard InChI is InChI=1S/C12H13BrF6O2/c1-5-4-9(2,3)8(7(20)6(5)13)10(21,11(14,15)16)12(17,18)19/h8,21H,4H2,1-3H3. The summed E-state index contributed by atoms with van der Waals surface area (Å²) in [5, 5.41) is 9.50. The summed E-state index contributed by atoms with van der Waals surface area (Å²) in [5.74, 6) is -4.08. The van der Waals surface area contributed by atoms with E-state index in [1.165, 1.54) is 6.92 Å². The normalized spacial score (nSPS) is 24.5. The highest BCUT2D eigenvalue weighted by Gasteiger charge is 2.77. The maximum Gasteiger partial charge on any atom is 0.427 e. The molecule has 2 nitrogen and oxygen atoms in total. The van der Waals surface area contributed by atoms with E-state index in [9.17, 15) is 36.2 Å². The van der Waals surface area contributed by atoms with E-state index in [1.807, 2.05) is 0 Å². The second-order valence-corrected chi connectivity index (χ2v) is 6.61. The van der Waals surface area contributed by atoms with Gasteiger partial charge in [0.1, 0.15) is 0 Å². The van der Waals surface area contributed by atoms with Crippen LogP contribution in [0.5, 0.6) is 0 Å². The Kier molecular flexibility index (Phi) is 4.38. The van der Waals surface area contributed by atoms with E-state index >= 15 is 0 Å². The maximum absolute atomic E-state index is 13.0. The third-order valence-electron chi connectivity index (χ3n) is 3.64. The number of rotatable bonds is 1. The molecule has 0 radical (unpaired) electrons. The summed E-state index contributed by atoms with van der Waals surface area (Å²) in [7, 11) is 0. The van der Waals surface area contributed by atoms with Gasteiger partial charge in [0, 0.05) is 0 Å². The molecule has 0 spiro atoms. The highest BCUT2D eigenvalue weighted by molar-refractivity contribution is 9.12. The van der Waals surface area contributed by atoms with Crippen LogP contribution in [-0.2, 0) is 4.79 Å². The van der Waals surface area contributed by atoms with Gasteiger partial charge in [-0.05, 0) is 34.7 Å². The zero-order valence-electron chi connectivity index (χ0n) is 11.3. The minimum Gasteiger partial charge on any atom is -0.373 e. The van der Waals surface area contributed by atoms with Gasteiger partial charge >= 0.3 is 12.4 Å². The van der Waals surface area contributed by atoms with Gasteiger partial charge in [0.2, 0.25) is 0 Å². The summed E-state index contributed by atoms with van der Waals surface area (Å²) in [6.45, 7) is 3.63. The van der Waals surface area contributed by atoms with Crippen molar-refractivity contribution in [3.8, 4) is 0 Å². The van der Waals surface area contributed by atoms with Crippen molar-refractivity contribution in [1.82, 2.24) is 0 Å². The topological polar surface area (TPSA) is 37.3 Å². The molecule has 1 N–H and O–H groups in total. The number of hydrogen-bond acceptors (Lipinski definition) is 2. The molecular formula is C12H13BrF6O2. The van der Waals surface area contributed by atoms with E-state index in [0.717, 1.165) is 13.8 Å². The van der Waals surface area contributed by atoms with Gasteiger partial charge < -0.3 is 5.11 Å². The Labute approximate surface area is 125 Å². The van der Waals surface area contributed by atoms with Crippen LogP contribution in [-0.4, -0.2) is 28.8 Å². The number of alkyl halides is 6. The van der Waals surface area contributed by atoms with Gasteiger partial charge in [0.25, 0.3) is 5.60 Å². The van der Waals surface area contributed by atoms with Gasteiger partial charge in [-0.3, -0.25) is 4.79 Å². The predicted molar refractivity (Wildman–Crippen MR) is 65.6 cm³/mol. The number of carbonyl (C=O) groups excluding carboxylic acids is 1. The van der Waals surface area contributed by atoms with Gasteiger partial charge in [-0.1, -0.05) is 19.4 Å². The van der Waals surface area contributed by atoms with Gasteiger partial charge in [-0.15, -0.1) is 0 Å². The van der Waals surface area contributed by atoms with Crippen LogP contribution in [0.1, 0.15) is 27.2 Å². The Bertz CT molecular complexity index is 475. The molecule has 0 fully saturated rings. The second-order valence-electron chi connectivity index (χ2n) is 5.82. The maximum atomic E-state index is 13.0. The summed E-state index contributed by atoms with van der Waals surface area (Å²) in [6, 6.07) is 0. The van der Waals surface area contributed by atoms with Crippen molar-refractivity contribution in [2.24, 2.45) is 11.3 Å². The highest BCUT2D eigenvalue weighted by Crippen LogP contribution is 2.57. The number of Topliss-reactive ketones (excluding diaryl/α,β-unsaturated/α-hetero) is 1. The molecule has 21 heavy (non-hydrogen) atoms. The molecule has 1 atom stereocenters. The fourth-order valence-corrected chi connectivity index (χ4v) is 3.17. The van der Waals surface area contributed by atoms with Crippen LogP contribution >= 0.6 is 15.9 Å². The van der Waals surface area contributed by atoms with Crippen molar-refractivity contribution in [1.29, 1.82) is 0 Å². The van der Waals surface area contributed by atoms with E-state index < -0.39 is 35.1 Å². The van der Waals surface area contributed by atoms with Crippen molar-refractivity contribution >= 4 is 21.7 Å². The van der Waals surface area contributed by atoms with Crippen molar-refractivity contribution in [3.05, 3.63) is 10.1 Å². The Balaban J connectivity index is 3.63. The largest absolute Gasteiger partial charge is 0.427 e. The smallest absolute Gasteiger partial charge is 0.373 e. The number of aliphatic hydroxyl groups is 1. The number of hydrogen-bond donors (Lipinski definition) is 1. The first-order valence-corrected chi connectivity index (χ1v) is 6.62. The average Bonchev–Trinajstić information content (AvgIpc) is 2.21. The van der Waals surface area contributed by atoms with Gasteiger partial charge in [-0.2, -0.15) is 26.3 Å². The molecule has 0 aromatic rings. The Morgan fingerprint density at radius 1 is 1.14 bits per heavy atom. The molecule has 0 aromatic carbocycles. The van der Waals surface area contributed by atoms with E-state index in [0.29, 0.717) is 5.57 Å². The first kappa shape index (κ1) is 18.5. The van der Waals surface area contributed by atoms with E-state index in [2.05, 4.69) is 15.9 Å². The van der Waals surface area contributed by atoms with Gasteiger partial charge in [-0.25, -0.2) is 0 Å². The molecule has 0 saturated carbocycles. The third kappa shape index (κ3) is 2.74. The fourth-order valence-electron chi connectivity index (χ4n) is 2.80. The molecule has 122 valence electrons. The van der Waals surface area contributed by atoms with Crippen LogP contribution in [0.25, 0.3) is 0 Å². The van der Waals surface area contributed by atoms with Gasteiger partial charge in [0.15, 0.2) is 5.78 Å².